The average molecular weight is 1960 g/mol. The summed E-state index contributed by atoms with van der Waals surface area (Å²) >= 11 is 0. The van der Waals surface area contributed by atoms with Crippen molar-refractivity contribution in [1.82, 2.24) is 87.2 Å². The summed E-state index contributed by atoms with van der Waals surface area (Å²) in [4.78, 5) is 181. The number of rotatable bonds is 37. The Bertz CT molecular complexity index is 6230. The van der Waals surface area contributed by atoms with Crippen molar-refractivity contribution in [2.24, 2.45) is 0 Å². The second-order valence-corrected chi connectivity index (χ2v) is 36.9. The number of methoxy groups -OCH3 is 3. The Balaban J connectivity index is 0.663. The van der Waals surface area contributed by atoms with E-state index in [0.29, 0.717) is 26.0 Å². The van der Waals surface area contributed by atoms with Gasteiger partial charge in [-0.15, -0.1) is 0 Å². The van der Waals surface area contributed by atoms with Crippen LogP contribution in [0.5, 0.6) is 0 Å². The lowest BCUT2D eigenvalue weighted by molar-refractivity contribution is -0.242. The normalized spacial score (nSPS) is 32.3. The van der Waals surface area contributed by atoms with Crippen molar-refractivity contribution in [2.45, 2.75) is 154 Å². The molecule has 69 heteroatoms. The first kappa shape index (κ1) is 95.8. The van der Waals surface area contributed by atoms with Crippen LogP contribution in [0.25, 0.3) is 33.5 Å². The molecule has 0 bridgehead atoms. The third-order valence-corrected chi connectivity index (χ3v) is 26.5. The fraction of sp³-hybridized carbons (Fsp3) is 0.557. The zero-order valence-electron chi connectivity index (χ0n) is 66.7. The summed E-state index contributed by atoms with van der Waals surface area (Å²) in [6, 6.07) is 2.82. The first-order valence-corrected chi connectivity index (χ1v) is 46.2. The molecule has 15 heterocycles. The van der Waals surface area contributed by atoms with Gasteiger partial charge in [0.25, 0.3) is 52.5 Å². The zero-order valence-corrected chi connectivity index (χ0v) is 72.1. The molecule has 130 heavy (non-hydrogen) atoms. The molecule has 9 aromatic rings. The number of phosphoric acid groups is 6. The smallest absolute Gasteiger partial charge is 0.351 e. The molecule has 6 saturated heterocycles. The van der Waals surface area contributed by atoms with Gasteiger partial charge in [-0.2, -0.15) is 9.97 Å². The van der Waals surface area contributed by atoms with Gasteiger partial charge in [-0.25, -0.2) is 72.4 Å². The highest BCUT2D eigenvalue weighted by atomic mass is 31.2. The third-order valence-electron chi connectivity index (χ3n) is 20.7. The number of fused-ring (bicyclic) bond motifs is 3. The minimum Gasteiger partial charge on any atom is -0.756 e. The van der Waals surface area contributed by atoms with Crippen molar-refractivity contribution >= 4 is 110 Å². The average Bonchev–Trinajstić information content (AvgIpc) is 1.61. The highest BCUT2D eigenvalue weighted by molar-refractivity contribution is 7.47. The lowest BCUT2D eigenvalue weighted by Crippen LogP contribution is -2.41. The van der Waals surface area contributed by atoms with Crippen LogP contribution in [0.15, 0.2) is 93.9 Å². The van der Waals surface area contributed by atoms with E-state index >= 15 is 13.2 Å². The molecule has 15 rings (SSSR count). The van der Waals surface area contributed by atoms with Gasteiger partial charge in [0, 0.05) is 53.1 Å². The van der Waals surface area contributed by atoms with E-state index in [1.807, 2.05) is 0 Å². The number of alkyl halides is 3. The van der Waals surface area contributed by atoms with Gasteiger partial charge in [-0.05, 0) is 19.1 Å². The van der Waals surface area contributed by atoms with Crippen LogP contribution in [0.4, 0.5) is 42.3 Å². The van der Waals surface area contributed by atoms with E-state index in [1.54, 1.807) is 4.98 Å². The zero-order chi connectivity index (χ0) is 93.3. The first-order chi connectivity index (χ1) is 61.5. The van der Waals surface area contributed by atoms with Crippen LogP contribution in [-0.2, 0) is 124 Å². The SMILES string of the molecule is CO[C@H]1C(OP(=O)([O-])OC[C@H]2O[C@@H](n3cnc4c(N)ncnc43)[C@@H](OC)C2OP(=O)([O-])OC[C@H]2O[C@@H](n3cnc4c(N)ncnc43)[C@@H](OC)C2OP(=O)([O-])OC)[C@@H](COP(=O)([O-])OC2[C@@H](COP(=O)([O-])OC3[C@@H](COP(=O)([O-])OC4[C@@H](C)O[C@@H](n5ccc(N)nc5=O)[C@H]4F)O[C@@H](n4cnc5c(N)ncnc54)[C@H]3F)O[C@@H](n3ccc(=O)[nH]c3=O)[C@H]2F)O[C@H]1n1ccc(N)nc1=O. The molecular formula is C61H72F3N23O37P6-6. The van der Waals surface area contributed by atoms with Crippen LogP contribution in [0.2, 0.25) is 0 Å². The summed E-state index contributed by atoms with van der Waals surface area (Å²) in [5.41, 5.74) is 24.0. The molecule has 12 unspecified atom stereocenters. The number of ether oxygens (including phenoxy) is 9. The predicted molar refractivity (Wildman–Crippen MR) is 404 cm³/mol. The standard InChI is InChI=1S/C61H78F3N23O37P6/c1-23-38(32(62)53(113-23)82-9-6-29(65)79-59(82)89)119-126(94,95)108-13-25-40(34(64)55(115-25)85-20-76-35-47(67)70-17-73-50(35)85)121-127(96,97)109-12-24-39(33(63)54(114-24)83-11-8-31(88)81-61(83)91)120-128(98,99)110-15-27-42(44(104-2)56(116-27)84-10-7-30(66)80-60(84)90)123-129(100,101)112-16-28-43(46(106-4)58(118-28)87-22-78-37-49(69)72-19-75-52(37)87)124-130(102,103)111-14-26-41(122-125(92,93)107-5)45(105-3)57(117-26)86-21-77-36-48(68)71-18-74-51(36)86/h6-11,17-28,32-34,38-46,53-58H,12-16H2,1-5H3,(H,92,93)(H,94,95)(H,96,97)(H,98,99)(H,100,101)(H,102,103)(H2,65,79,89)(H2,66,80,90)(H2,67,70,73)(H2,68,71,74)(H2,69,72,75)(H,81,88,91)/p-6/t23-,24-,25-,26-,27-,28-,32+,33+,34+,38?,39?,40?,41?,42?,43?,44+,45+,46+,53-,54-,55-,56-,57-,58-/m1/s1. The van der Waals surface area contributed by atoms with E-state index in [2.05, 4.69) is 59.3 Å². The summed E-state index contributed by atoms with van der Waals surface area (Å²) < 4.78 is 254. The number of nitrogens with one attached hydrogen (secondary N) is 1. The number of halogens is 3. The monoisotopic (exact) mass is 1960 g/mol. The third kappa shape index (κ3) is 20.0. The second kappa shape index (κ2) is 37.9. The molecule has 30 atom stereocenters. The van der Waals surface area contributed by atoms with Crippen LogP contribution in [0.1, 0.15) is 44.3 Å². The summed E-state index contributed by atoms with van der Waals surface area (Å²) in [6.07, 6.45) is -41.8. The minimum absolute atomic E-state index is 0.0279. The molecule has 0 saturated carbocycles. The Morgan fingerprint density at radius 3 is 1.02 bits per heavy atom. The number of imidazole rings is 3. The van der Waals surface area contributed by atoms with Crippen LogP contribution in [0.3, 0.4) is 0 Å². The molecule has 60 nitrogen and oxygen atoms in total. The number of nitrogens with zero attached hydrogens (tertiary/aromatic N) is 17. The number of nitrogens with two attached hydrogens (primary N) is 5. The Kier molecular flexibility index (Phi) is 27.9. The maximum Gasteiger partial charge on any atom is 0.351 e. The van der Waals surface area contributed by atoms with Crippen molar-refractivity contribution in [3.63, 3.8) is 0 Å². The maximum absolute atomic E-state index is 17.3. The molecule has 0 radical (unpaired) electrons. The highest BCUT2D eigenvalue weighted by Gasteiger charge is 2.57. The number of anilines is 5. The van der Waals surface area contributed by atoms with E-state index in [-0.39, 0.29) is 62.6 Å². The molecule has 0 amide bonds. The largest absolute Gasteiger partial charge is 0.756 e. The minimum atomic E-state index is -6.39. The molecule has 0 spiro atoms. The van der Waals surface area contributed by atoms with E-state index in [4.69, 9.17) is 121 Å². The molecule has 6 aliphatic heterocycles. The molecule has 0 aromatic carbocycles. The molecule has 710 valence electrons. The highest BCUT2D eigenvalue weighted by Crippen LogP contribution is 2.56. The Morgan fingerprint density at radius 1 is 0.377 bits per heavy atom. The maximum atomic E-state index is 17.3. The number of H-pyrrole nitrogens is 1. The van der Waals surface area contributed by atoms with Crippen molar-refractivity contribution < 1.29 is 167 Å². The van der Waals surface area contributed by atoms with E-state index < -0.39 is 250 Å². The Labute approximate surface area is 722 Å². The van der Waals surface area contributed by atoms with Gasteiger partial charge >= 0.3 is 17.1 Å². The predicted octanol–water partition coefficient (Wildman–Crippen LogP) is -5.20. The van der Waals surface area contributed by atoms with E-state index in [1.165, 1.54) is 10.9 Å². The Morgan fingerprint density at radius 2 is 0.669 bits per heavy atom. The molecule has 9 aromatic heterocycles. The first-order valence-electron chi connectivity index (χ1n) is 37.5. The summed E-state index contributed by atoms with van der Waals surface area (Å²) in [5, 5.41) is 0. The summed E-state index contributed by atoms with van der Waals surface area (Å²) in [6.45, 7) is -6.04. The van der Waals surface area contributed by atoms with Crippen molar-refractivity contribution in [3.05, 3.63) is 117 Å². The van der Waals surface area contributed by atoms with Crippen LogP contribution in [-0.4, -0.2) is 259 Å². The topological polar surface area (TPSA) is 820 Å². The van der Waals surface area contributed by atoms with Crippen molar-refractivity contribution in [2.75, 3.05) is 90.1 Å². The number of nitrogen functional groups attached to an aromatic ring is 5. The van der Waals surface area contributed by atoms with Crippen LogP contribution < -0.4 is 80.7 Å². The summed E-state index contributed by atoms with van der Waals surface area (Å²) in [7, 11) is -32.2. The van der Waals surface area contributed by atoms with Crippen molar-refractivity contribution in [1.29, 1.82) is 0 Å². The van der Waals surface area contributed by atoms with Gasteiger partial charge in [-0.1, -0.05) is 0 Å². The molecule has 6 aliphatic rings. The number of hydrogen-bond acceptors (Lipinski definition) is 53. The quantitative estimate of drug-likeness (QED) is 0.0198. The lowest BCUT2D eigenvalue weighted by atomic mass is 10.1. The van der Waals surface area contributed by atoms with Crippen LogP contribution >= 0.6 is 46.9 Å². The van der Waals surface area contributed by atoms with Crippen LogP contribution in [0, 0.1) is 0 Å². The fourth-order valence-corrected chi connectivity index (χ4v) is 20.2. The van der Waals surface area contributed by atoms with Crippen molar-refractivity contribution in [3.8, 4) is 0 Å². The van der Waals surface area contributed by atoms with Gasteiger partial charge in [0.1, 0.15) is 133 Å². The Hall–Kier alpha value is -8.82. The van der Waals surface area contributed by atoms with Gasteiger partial charge in [0.2, 0.25) is 0 Å². The molecule has 6 fully saturated rings. The fourth-order valence-electron chi connectivity index (χ4n) is 14.8. The number of hydrogen-bond donors (Lipinski definition) is 6. The molecule has 11 N–H and O–H groups in total. The number of aromatic amines is 1. The van der Waals surface area contributed by atoms with Gasteiger partial charge in [-0.3, -0.25) is 64.6 Å². The lowest BCUT2D eigenvalue weighted by Gasteiger charge is -2.34. The van der Waals surface area contributed by atoms with Gasteiger partial charge in [0.15, 0.2) is 90.3 Å². The number of aromatic nitrogens is 18. The van der Waals surface area contributed by atoms with Gasteiger partial charge < -0.3 is 155 Å². The molecule has 0 aliphatic carbocycles. The molecular weight excluding hydrogens is 1890 g/mol. The second-order valence-electron chi connectivity index (χ2n) is 28.6. The van der Waals surface area contributed by atoms with Gasteiger partial charge in [0.05, 0.1) is 58.1 Å². The van der Waals surface area contributed by atoms with E-state index in [9.17, 15) is 75.9 Å². The van der Waals surface area contributed by atoms with E-state index in [0.717, 1.165) is 101 Å². The summed E-state index contributed by atoms with van der Waals surface area (Å²) in [5.74, 6) is -1.15. The number of phosphoric ester groups is 6.